The lowest BCUT2D eigenvalue weighted by atomic mass is 9.93. The first-order chi connectivity index (χ1) is 8.21. The van der Waals surface area contributed by atoms with Crippen molar-refractivity contribution in [3.8, 4) is 0 Å². The Morgan fingerprint density at radius 2 is 1.94 bits per heavy atom. The van der Waals surface area contributed by atoms with E-state index in [1.165, 1.54) is 12.3 Å². The van der Waals surface area contributed by atoms with Crippen molar-refractivity contribution in [2.24, 2.45) is 5.92 Å². The lowest BCUT2D eigenvalue weighted by molar-refractivity contribution is 0.0168. The molecule has 0 spiro atoms. The molecule has 1 heterocycles. The second kappa shape index (κ2) is 7.38. The summed E-state index contributed by atoms with van der Waals surface area (Å²) in [6.45, 7) is 7.08. The molecule has 0 radical (unpaired) electrons. The van der Waals surface area contributed by atoms with Gasteiger partial charge in [-0.2, -0.15) is 0 Å². The van der Waals surface area contributed by atoms with Gasteiger partial charge in [0.25, 0.3) is 0 Å². The monoisotopic (exact) mass is 239 g/mol. The molecular formula is C14H22FNO. The largest absolute Gasteiger partial charge is 0.378 e. The molecule has 0 fully saturated rings. The Balaban J connectivity index is 2.68. The summed E-state index contributed by atoms with van der Waals surface area (Å²) in [6, 6.07) is 3.20. The normalized spacial score (nSPS) is 13.0. The molecule has 0 aliphatic rings. The average Bonchev–Trinajstić information content (AvgIpc) is 2.34. The van der Waals surface area contributed by atoms with Crippen LogP contribution in [-0.4, -0.2) is 17.7 Å². The predicted octanol–water partition coefficient (Wildman–Crippen LogP) is 3.60. The van der Waals surface area contributed by atoms with Gasteiger partial charge in [0.1, 0.15) is 5.82 Å². The van der Waals surface area contributed by atoms with Crippen LogP contribution in [0.5, 0.6) is 0 Å². The molecule has 1 aromatic rings. The van der Waals surface area contributed by atoms with E-state index >= 15 is 0 Å². The van der Waals surface area contributed by atoms with Crippen molar-refractivity contribution in [2.75, 3.05) is 6.61 Å². The Hall–Kier alpha value is -0.960. The standard InChI is InChI=1S/C14H22FNO/c1-4-11(5-2)14(17-6-3)9-13-8-7-12(15)10-16-13/h7-8,10-11,14H,4-6,9H2,1-3H3. The highest BCUT2D eigenvalue weighted by Gasteiger charge is 2.19. The lowest BCUT2D eigenvalue weighted by Gasteiger charge is -2.24. The van der Waals surface area contributed by atoms with Crippen LogP contribution >= 0.6 is 0 Å². The molecule has 0 N–H and O–H groups in total. The number of aromatic nitrogens is 1. The van der Waals surface area contributed by atoms with E-state index in [0.29, 0.717) is 12.5 Å². The van der Waals surface area contributed by atoms with Gasteiger partial charge < -0.3 is 4.74 Å². The van der Waals surface area contributed by atoms with Gasteiger partial charge in [-0.3, -0.25) is 4.98 Å². The number of rotatable bonds is 7. The molecule has 0 amide bonds. The number of hydrogen-bond donors (Lipinski definition) is 0. The molecule has 0 bridgehead atoms. The third-order valence-corrected chi connectivity index (χ3v) is 3.15. The lowest BCUT2D eigenvalue weighted by Crippen LogP contribution is -2.26. The molecule has 3 heteroatoms. The number of pyridine rings is 1. The Morgan fingerprint density at radius 1 is 1.24 bits per heavy atom. The summed E-state index contributed by atoms with van der Waals surface area (Å²) in [6.07, 6.45) is 4.42. The highest BCUT2D eigenvalue weighted by atomic mass is 19.1. The number of hydrogen-bond acceptors (Lipinski definition) is 2. The van der Waals surface area contributed by atoms with Gasteiger partial charge in [0.15, 0.2) is 0 Å². The molecule has 0 aromatic carbocycles. The minimum absolute atomic E-state index is 0.188. The van der Waals surface area contributed by atoms with Crippen molar-refractivity contribution < 1.29 is 9.13 Å². The van der Waals surface area contributed by atoms with E-state index < -0.39 is 0 Å². The van der Waals surface area contributed by atoms with E-state index in [2.05, 4.69) is 18.8 Å². The quantitative estimate of drug-likeness (QED) is 0.725. The van der Waals surface area contributed by atoms with E-state index in [9.17, 15) is 4.39 Å². The van der Waals surface area contributed by atoms with Gasteiger partial charge in [0.2, 0.25) is 0 Å². The zero-order valence-corrected chi connectivity index (χ0v) is 10.9. The maximum Gasteiger partial charge on any atom is 0.141 e. The fraction of sp³-hybridized carbons (Fsp3) is 0.643. The molecule has 1 rings (SSSR count). The van der Waals surface area contributed by atoms with E-state index in [4.69, 9.17) is 4.74 Å². The topological polar surface area (TPSA) is 22.1 Å². The second-order valence-corrected chi connectivity index (χ2v) is 4.24. The van der Waals surface area contributed by atoms with Crippen molar-refractivity contribution in [3.05, 3.63) is 29.8 Å². The van der Waals surface area contributed by atoms with Crippen molar-refractivity contribution in [2.45, 2.75) is 46.1 Å². The molecule has 2 nitrogen and oxygen atoms in total. The Kier molecular flexibility index (Phi) is 6.12. The SMILES string of the molecule is CCOC(Cc1ccc(F)cn1)C(CC)CC. The van der Waals surface area contributed by atoms with Crippen molar-refractivity contribution in [3.63, 3.8) is 0 Å². The van der Waals surface area contributed by atoms with Crippen LogP contribution in [0.4, 0.5) is 4.39 Å². The summed E-state index contributed by atoms with van der Waals surface area (Å²) in [4.78, 5) is 4.10. The maximum absolute atomic E-state index is 12.8. The fourth-order valence-corrected chi connectivity index (χ4v) is 2.12. The Morgan fingerprint density at radius 3 is 2.41 bits per heavy atom. The minimum Gasteiger partial charge on any atom is -0.378 e. The molecule has 1 aromatic heterocycles. The molecule has 0 saturated carbocycles. The Labute approximate surface area is 103 Å². The van der Waals surface area contributed by atoms with Gasteiger partial charge in [0.05, 0.1) is 12.3 Å². The van der Waals surface area contributed by atoms with E-state index in [-0.39, 0.29) is 11.9 Å². The van der Waals surface area contributed by atoms with Gasteiger partial charge in [-0.05, 0) is 25.0 Å². The summed E-state index contributed by atoms with van der Waals surface area (Å²) in [5, 5.41) is 0. The van der Waals surface area contributed by atoms with Crippen LogP contribution in [-0.2, 0) is 11.2 Å². The van der Waals surface area contributed by atoms with Crippen molar-refractivity contribution in [1.29, 1.82) is 0 Å². The van der Waals surface area contributed by atoms with Crippen LogP contribution in [0.15, 0.2) is 18.3 Å². The van der Waals surface area contributed by atoms with Crippen LogP contribution in [0, 0.1) is 11.7 Å². The van der Waals surface area contributed by atoms with Gasteiger partial charge in [0, 0.05) is 18.7 Å². The summed E-state index contributed by atoms with van der Waals surface area (Å²) >= 11 is 0. The average molecular weight is 239 g/mol. The van der Waals surface area contributed by atoms with Crippen LogP contribution in [0.1, 0.15) is 39.3 Å². The molecule has 0 aliphatic heterocycles. The molecule has 1 atom stereocenters. The zero-order valence-electron chi connectivity index (χ0n) is 10.9. The van der Waals surface area contributed by atoms with Crippen LogP contribution < -0.4 is 0 Å². The van der Waals surface area contributed by atoms with Gasteiger partial charge in [-0.1, -0.05) is 26.7 Å². The predicted molar refractivity (Wildman–Crippen MR) is 67.4 cm³/mol. The second-order valence-electron chi connectivity index (χ2n) is 4.24. The highest BCUT2D eigenvalue weighted by Crippen LogP contribution is 2.19. The van der Waals surface area contributed by atoms with Crippen molar-refractivity contribution in [1.82, 2.24) is 4.98 Å². The first-order valence-corrected chi connectivity index (χ1v) is 6.43. The number of halogens is 1. The fourth-order valence-electron chi connectivity index (χ4n) is 2.12. The van der Waals surface area contributed by atoms with Crippen LogP contribution in [0.25, 0.3) is 0 Å². The van der Waals surface area contributed by atoms with Gasteiger partial charge >= 0.3 is 0 Å². The minimum atomic E-state index is -0.288. The molecular weight excluding hydrogens is 217 g/mol. The van der Waals surface area contributed by atoms with E-state index in [0.717, 1.165) is 25.0 Å². The maximum atomic E-state index is 12.8. The van der Waals surface area contributed by atoms with Crippen LogP contribution in [0.2, 0.25) is 0 Å². The summed E-state index contributed by atoms with van der Waals surface area (Å²) < 4.78 is 18.6. The third kappa shape index (κ3) is 4.43. The first-order valence-electron chi connectivity index (χ1n) is 6.43. The van der Waals surface area contributed by atoms with Gasteiger partial charge in [-0.25, -0.2) is 4.39 Å². The van der Waals surface area contributed by atoms with E-state index in [1.54, 1.807) is 6.07 Å². The highest BCUT2D eigenvalue weighted by molar-refractivity contribution is 5.06. The summed E-state index contributed by atoms with van der Waals surface area (Å²) in [5.74, 6) is 0.256. The first kappa shape index (κ1) is 14.1. The molecule has 96 valence electrons. The van der Waals surface area contributed by atoms with Crippen molar-refractivity contribution >= 4 is 0 Å². The number of nitrogens with zero attached hydrogens (tertiary/aromatic N) is 1. The van der Waals surface area contributed by atoms with Crippen LogP contribution in [0.3, 0.4) is 0 Å². The Bertz CT molecular complexity index is 309. The number of ether oxygens (including phenoxy) is 1. The van der Waals surface area contributed by atoms with Gasteiger partial charge in [-0.15, -0.1) is 0 Å². The molecule has 17 heavy (non-hydrogen) atoms. The summed E-state index contributed by atoms with van der Waals surface area (Å²) in [7, 11) is 0. The van der Waals surface area contributed by atoms with E-state index in [1.807, 2.05) is 6.92 Å². The zero-order chi connectivity index (χ0) is 12.7. The molecule has 1 unspecified atom stereocenters. The molecule has 0 aliphatic carbocycles. The third-order valence-electron chi connectivity index (χ3n) is 3.15. The smallest absolute Gasteiger partial charge is 0.141 e. The summed E-state index contributed by atoms with van der Waals surface area (Å²) in [5.41, 5.74) is 0.900. The molecule has 0 saturated heterocycles.